The van der Waals surface area contributed by atoms with Gasteiger partial charge in [0.25, 0.3) is 0 Å². The molecule has 0 saturated carbocycles. The molecule has 0 bridgehead atoms. The van der Waals surface area contributed by atoms with Crippen LogP contribution in [0.25, 0.3) is 0 Å². The second-order valence-corrected chi connectivity index (χ2v) is 6.49. The number of hydrogen-bond donors (Lipinski definition) is 3. The van der Waals surface area contributed by atoms with Crippen molar-refractivity contribution in [2.24, 2.45) is 4.99 Å². The molecule has 6 heteroatoms. The number of guanidine groups is 1. The van der Waals surface area contributed by atoms with Gasteiger partial charge in [-0.2, -0.15) is 0 Å². The summed E-state index contributed by atoms with van der Waals surface area (Å²) in [4.78, 5) is 17.3. The summed E-state index contributed by atoms with van der Waals surface area (Å²) in [6, 6.07) is 10.5. The van der Waals surface area contributed by atoms with Gasteiger partial charge in [0.05, 0.1) is 6.54 Å². The number of aliphatic imine (C=N–C) groups is 1. The Morgan fingerprint density at radius 1 is 1.22 bits per heavy atom. The minimum Gasteiger partial charge on any atom is -0.357 e. The first-order valence-corrected chi connectivity index (χ1v) is 9.09. The Morgan fingerprint density at radius 2 is 1.96 bits per heavy atom. The molecule has 0 aromatic heterocycles. The van der Waals surface area contributed by atoms with E-state index < -0.39 is 0 Å². The second-order valence-electron chi connectivity index (χ2n) is 5.32. The number of carbonyl (C=O) groups is 1. The van der Waals surface area contributed by atoms with Crippen LogP contribution in [0.2, 0.25) is 0 Å². The largest absolute Gasteiger partial charge is 0.357 e. The molecule has 23 heavy (non-hydrogen) atoms. The first kappa shape index (κ1) is 19.4. The van der Waals surface area contributed by atoms with Crippen molar-refractivity contribution in [3.63, 3.8) is 0 Å². The molecule has 1 aromatic rings. The van der Waals surface area contributed by atoms with Gasteiger partial charge in [0.1, 0.15) is 0 Å². The summed E-state index contributed by atoms with van der Waals surface area (Å²) in [5, 5.41) is 9.35. The van der Waals surface area contributed by atoms with Crippen LogP contribution in [0.4, 0.5) is 0 Å². The van der Waals surface area contributed by atoms with Crippen LogP contribution in [0.3, 0.4) is 0 Å². The Bertz CT molecular complexity index is 477. The molecule has 1 rings (SSSR count). The van der Waals surface area contributed by atoms with E-state index in [0.717, 1.165) is 24.8 Å². The number of nitrogens with zero attached hydrogens (tertiary/aromatic N) is 1. The van der Waals surface area contributed by atoms with E-state index in [1.165, 1.54) is 4.90 Å². The van der Waals surface area contributed by atoms with Gasteiger partial charge in [-0.3, -0.25) is 9.79 Å². The van der Waals surface area contributed by atoms with Gasteiger partial charge in [-0.25, -0.2) is 0 Å². The third kappa shape index (κ3) is 9.84. The van der Waals surface area contributed by atoms with Gasteiger partial charge in [-0.15, -0.1) is 11.8 Å². The third-order valence-electron chi connectivity index (χ3n) is 2.81. The summed E-state index contributed by atoms with van der Waals surface area (Å²) in [5.74, 6) is 1.76. The molecule has 5 nitrogen and oxygen atoms in total. The van der Waals surface area contributed by atoms with Crippen LogP contribution in [0, 0.1) is 0 Å². The van der Waals surface area contributed by atoms with Gasteiger partial charge in [0.2, 0.25) is 5.91 Å². The van der Waals surface area contributed by atoms with E-state index in [4.69, 9.17) is 0 Å². The summed E-state index contributed by atoms with van der Waals surface area (Å²) in [6.45, 7) is 8.05. The molecule has 1 aromatic carbocycles. The monoisotopic (exact) mass is 336 g/mol. The maximum Gasteiger partial charge on any atom is 0.222 e. The number of benzene rings is 1. The third-order valence-corrected chi connectivity index (χ3v) is 3.82. The van der Waals surface area contributed by atoms with Crippen LogP contribution >= 0.6 is 11.8 Å². The Balaban J connectivity index is 2.27. The first-order valence-electron chi connectivity index (χ1n) is 8.11. The van der Waals surface area contributed by atoms with E-state index in [2.05, 4.69) is 33.1 Å². The summed E-state index contributed by atoms with van der Waals surface area (Å²) in [5.41, 5.74) is 0. The van der Waals surface area contributed by atoms with Gasteiger partial charge in [-0.1, -0.05) is 18.2 Å². The van der Waals surface area contributed by atoms with Crippen molar-refractivity contribution in [3.05, 3.63) is 30.3 Å². The van der Waals surface area contributed by atoms with E-state index in [1.807, 2.05) is 39.0 Å². The number of hydrogen-bond acceptors (Lipinski definition) is 3. The molecule has 0 saturated heterocycles. The lowest BCUT2D eigenvalue weighted by atomic mass is 10.3. The van der Waals surface area contributed by atoms with E-state index >= 15 is 0 Å². The fourth-order valence-electron chi connectivity index (χ4n) is 1.86. The summed E-state index contributed by atoms with van der Waals surface area (Å²) >= 11 is 1.81. The molecule has 0 aliphatic rings. The lowest BCUT2D eigenvalue weighted by Gasteiger charge is -2.11. The fourth-order valence-corrected chi connectivity index (χ4v) is 2.65. The van der Waals surface area contributed by atoms with Gasteiger partial charge < -0.3 is 16.0 Å². The Morgan fingerprint density at radius 3 is 2.61 bits per heavy atom. The van der Waals surface area contributed by atoms with Crippen LogP contribution in [0.15, 0.2) is 40.2 Å². The normalized spacial score (nSPS) is 11.4. The number of rotatable bonds is 9. The number of nitrogens with one attached hydrogen (secondary N) is 3. The maximum absolute atomic E-state index is 11.6. The standard InChI is InChI=1S/C17H28N4OS/c1-4-18-17(19-11-10-16(22)21-14(2)3)20-12-13-23-15-8-6-5-7-9-15/h5-9,14H,4,10-13H2,1-3H3,(H,21,22)(H2,18,19,20). The van der Waals surface area contributed by atoms with Crippen LogP contribution in [-0.4, -0.2) is 43.3 Å². The number of thioether (sulfide) groups is 1. The highest BCUT2D eigenvalue weighted by molar-refractivity contribution is 7.99. The van der Waals surface area contributed by atoms with Gasteiger partial charge >= 0.3 is 0 Å². The Hall–Kier alpha value is -1.69. The molecule has 128 valence electrons. The van der Waals surface area contributed by atoms with Crippen LogP contribution in [0.1, 0.15) is 27.2 Å². The highest BCUT2D eigenvalue weighted by Gasteiger charge is 2.03. The smallest absolute Gasteiger partial charge is 0.222 e. The molecule has 0 atom stereocenters. The van der Waals surface area contributed by atoms with Crippen molar-refractivity contribution < 1.29 is 4.79 Å². The predicted molar refractivity (Wildman–Crippen MR) is 99.0 cm³/mol. The number of amides is 1. The Kier molecular flexibility index (Phi) is 9.95. The van der Waals surface area contributed by atoms with Crippen molar-refractivity contribution >= 4 is 23.6 Å². The van der Waals surface area contributed by atoms with Gasteiger partial charge in [0.15, 0.2) is 5.96 Å². The second kappa shape index (κ2) is 11.8. The fraction of sp³-hybridized carbons (Fsp3) is 0.529. The summed E-state index contributed by atoms with van der Waals surface area (Å²) in [6.07, 6.45) is 0.410. The van der Waals surface area contributed by atoms with Crippen molar-refractivity contribution in [2.45, 2.75) is 38.1 Å². The predicted octanol–water partition coefficient (Wildman–Crippen LogP) is 2.25. The van der Waals surface area contributed by atoms with Crippen LogP contribution < -0.4 is 16.0 Å². The molecule has 0 heterocycles. The highest BCUT2D eigenvalue weighted by Crippen LogP contribution is 2.15. The lowest BCUT2D eigenvalue weighted by Crippen LogP contribution is -2.38. The average molecular weight is 337 g/mol. The SMILES string of the molecule is CCNC(=NCCC(=O)NC(C)C)NCCSc1ccccc1. The summed E-state index contributed by atoms with van der Waals surface area (Å²) in [7, 11) is 0. The molecular formula is C17H28N4OS. The van der Waals surface area contributed by atoms with Crippen LogP contribution in [0.5, 0.6) is 0 Å². The first-order chi connectivity index (χ1) is 11.1. The maximum atomic E-state index is 11.6. The van der Waals surface area contributed by atoms with Crippen LogP contribution in [-0.2, 0) is 4.79 Å². The molecular weight excluding hydrogens is 308 g/mol. The molecule has 3 N–H and O–H groups in total. The van der Waals surface area contributed by atoms with Crippen molar-refractivity contribution in [1.29, 1.82) is 0 Å². The molecule has 0 fully saturated rings. The zero-order valence-corrected chi connectivity index (χ0v) is 15.1. The minimum absolute atomic E-state index is 0.0410. The van der Waals surface area contributed by atoms with Crippen molar-refractivity contribution in [3.8, 4) is 0 Å². The van der Waals surface area contributed by atoms with Crippen molar-refractivity contribution in [2.75, 3.05) is 25.4 Å². The molecule has 0 aliphatic carbocycles. The van der Waals surface area contributed by atoms with Gasteiger partial charge in [-0.05, 0) is 32.9 Å². The van der Waals surface area contributed by atoms with Crippen molar-refractivity contribution in [1.82, 2.24) is 16.0 Å². The zero-order valence-electron chi connectivity index (χ0n) is 14.3. The number of carbonyl (C=O) groups excluding carboxylic acids is 1. The molecule has 0 aliphatic heterocycles. The lowest BCUT2D eigenvalue weighted by molar-refractivity contribution is -0.121. The molecule has 0 unspecified atom stereocenters. The minimum atomic E-state index is 0.0410. The average Bonchev–Trinajstić information content (AvgIpc) is 2.51. The van der Waals surface area contributed by atoms with E-state index in [1.54, 1.807) is 11.8 Å². The van der Waals surface area contributed by atoms with E-state index in [9.17, 15) is 4.79 Å². The van der Waals surface area contributed by atoms with Gasteiger partial charge in [0, 0.05) is 36.2 Å². The zero-order chi connectivity index (χ0) is 16.9. The molecule has 0 radical (unpaired) electrons. The molecule has 0 spiro atoms. The Labute approximate surface area is 143 Å². The summed E-state index contributed by atoms with van der Waals surface area (Å²) < 4.78 is 0. The topological polar surface area (TPSA) is 65.5 Å². The quantitative estimate of drug-likeness (QED) is 0.280. The molecule has 1 amide bonds. The highest BCUT2D eigenvalue weighted by atomic mass is 32.2. The van der Waals surface area contributed by atoms with E-state index in [-0.39, 0.29) is 11.9 Å². The van der Waals surface area contributed by atoms with E-state index in [0.29, 0.717) is 13.0 Å².